The summed E-state index contributed by atoms with van der Waals surface area (Å²) in [7, 11) is 0. The van der Waals surface area contributed by atoms with Gasteiger partial charge in [0.1, 0.15) is 11.6 Å². The van der Waals surface area contributed by atoms with Crippen molar-refractivity contribution in [3.63, 3.8) is 0 Å². The molecule has 1 aromatic carbocycles. The van der Waals surface area contributed by atoms with Gasteiger partial charge in [-0.3, -0.25) is 0 Å². The van der Waals surface area contributed by atoms with Gasteiger partial charge in [-0.2, -0.15) is 0 Å². The number of nitrogens with zero attached hydrogens (tertiary/aromatic N) is 4. The molecule has 1 heterocycles. The van der Waals surface area contributed by atoms with Crippen molar-refractivity contribution in [1.82, 2.24) is 20.2 Å². The number of hydrogen-bond acceptors (Lipinski definition) is 4. The summed E-state index contributed by atoms with van der Waals surface area (Å²) >= 11 is 0. The summed E-state index contributed by atoms with van der Waals surface area (Å²) in [5, 5.41) is 10.6. The first-order valence-corrected chi connectivity index (χ1v) is 4.64. The summed E-state index contributed by atoms with van der Waals surface area (Å²) in [4.78, 5) is 0. The van der Waals surface area contributed by atoms with E-state index in [0.717, 1.165) is 12.1 Å². The van der Waals surface area contributed by atoms with Crippen LogP contribution in [-0.2, 0) is 6.54 Å². The third-order valence-electron chi connectivity index (χ3n) is 2.06. The van der Waals surface area contributed by atoms with Crippen LogP contribution in [0.3, 0.4) is 0 Å². The third kappa shape index (κ3) is 1.76. The first-order valence-electron chi connectivity index (χ1n) is 4.64. The van der Waals surface area contributed by atoms with E-state index in [9.17, 15) is 8.78 Å². The van der Waals surface area contributed by atoms with Gasteiger partial charge >= 0.3 is 0 Å². The zero-order valence-electron chi connectivity index (χ0n) is 8.27. The molecule has 0 radical (unpaired) electrons. The van der Waals surface area contributed by atoms with E-state index in [4.69, 9.17) is 5.73 Å². The smallest absolute Gasteiger partial charge is 0.188 e. The van der Waals surface area contributed by atoms with E-state index in [1.807, 2.05) is 0 Å². The Balaban J connectivity index is 2.54. The molecule has 7 heteroatoms. The van der Waals surface area contributed by atoms with Gasteiger partial charge in [-0.15, -0.1) is 5.10 Å². The van der Waals surface area contributed by atoms with Crippen molar-refractivity contribution in [3.05, 3.63) is 29.8 Å². The Kier molecular flexibility index (Phi) is 2.86. The average Bonchev–Trinajstić information content (AvgIpc) is 2.67. The van der Waals surface area contributed by atoms with Crippen LogP contribution in [0.2, 0.25) is 0 Å². The third-order valence-corrected chi connectivity index (χ3v) is 2.06. The van der Waals surface area contributed by atoms with Gasteiger partial charge < -0.3 is 5.73 Å². The lowest BCUT2D eigenvalue weighted by Gasteiger charge is -2.04. The van der Waals surface area contributed by atoms with Crippen LogP contribution >= 0.6 is 0 Å². The molecule has 84 valence electrons. The summed E-state index contributed by atoms with van der Waals surface area (Å²) in [5.41, 5.74) is 5.10. The Hall–Kier alpha value is -1.89. The summed E-state index contributed by atoms with van der Waals surface area (Å²) in [6.07, 6.45) is 0. The van der Waals surface area contributed by atoms with Gasteiger partial charge in [0.15, 0.2) is 5.82 Å². The summed E-state index contributed by atoms with van der Waals surface area (Å²) in [5.74, 6) is -1.36. The highest BCUT2D eigenvalue weighted by molar-refractivity contribution is 5.56. The van der Waals surface area contributed by atoms with Crippen molar-refractivity contribution in [2.24, 2.45) is 5.73 Å². The van der Waals surface area contributed by atoms with Gasteiger partial charge in [0.25, 0.3) is 0 Å². The molecular formula is C9H9F2N5. The molecular weight excluding hydrogens is 216 g/mol. The minimum atomic E-state index is -0.701. The Morgan fingerprint density at radius 1 is 1.25 bits per heavy atom. The Bertz CT molecular complexity index is 476. The number of rotatable bonds is 3. The van der Waals surface area contributed by atoms with Gasteiger partial charge in [-0.05, 0) is 22.6 Å². The minimum Gasteiger partial charge on any atom is -0.329 e. The molecule has 2 rings (SSSR count). The van der Waals surface area contributed by atoms with Crippen molar-refractivity contribution in [1.29, 1.82) is 0 Å². The zero-order valence-corrected chi connectivity index (χ0v) is 8.27. The number of halogens is 2. The lowest BCUT2D eigenvalue weighted by molar-refractivity contribution is 0.571. The molecule has 0 spiro atoms. The molecule has 0 fully saturated rings. The van der Waals surface area contributed by atoms with Crippen LogP contribution in [-0.4, -0.2) is 26.8 Å². The quantitative estimate of drug-likeness (QED) is 0.829. The maximum absolute atomic E-state index is 13.5. The first-order chi connectivity index (χ1) is 7.74. The van der Waals surface area contributed by atoms with Crippen LogP contribution in [0.5, 0.6) is 0 Å². The van der Waals surface area contributed by atoms with E-state index in [1.165, 1.54) is 10.7 Å². The van der Waals surface area contributed by atoms with Crippen LogP contribution < -0.4 is 5.73 Å². The molecule has 0 amide bonds. The van der Waals surface area contributed by atoms with Gasteiger partial charge in [0.2, 0.25) is 0 Å². The van der Waals surface area contributed by atoms with Gasteiger partial charge in [-0.25, -0.2) is 13.5 Å². The number of benzene rings is 1. The summed E-state index contributed by atoms with van der Waals surface area (Å²) < 4.78 is 28.2. The van der Waals surface area contributed by atoms with E-state index >= 15 is 0 Å². The highest BCUT2D eigenvalue weighted by Gasteiger charge is 2.17. The van der Waals surface area contributed by atoms with Crippen molar-refractivity contribution >= 4 is 0 Å². The molecule has 5 nitrogen and oxygen atoms in total. The van der Waals surface area contributed by atoms with Crippen LogP contribution in [0.25, 0.3) is 11.4 Å². The molecule has 0 aliphatic carbocycles. The molecule has 2 N–H and O–H groups in total. The molecule has 0 bridgehead atoms. The normalized spacial score (nSPS) is 10.7. The number of aromatic nitrogens is 4. The maximum Gasteiger partial charge on any atom is 0.188 e. The first kappa shape index (κ1) is 10.6. The fourth-order valence-electron chi connectivity index (χ4n) is 1.37. The van der Waals surface area contributed by atoms with Crippen molar-refractivity contribution in [2.45, 2.75) is 6.54 Å². The predicted octanol–water partition coefficient (Wildman–Crippen LogP) is 0.577. The van der Waals surface area contributed by atoms with E-state index in [0.29, 0.717) is 6.54 Å². The molecule has 0 saturated carbocycles. The predicted molar refractivity (Wildman–Crippen MR) is 52.2 cm³/mol. The molecule has 0 atom stereocenters. The number of nitrogens with two attached hydrogens (primary N) is 1. The molecule has 0 aliphatic rings. The second kappa shape index (κ2) is 4.31. The van der Waals surface area contributed by atoms with Crippen LogP contribution in [0.15, 0.2) is 18.2 Å². The SMILES string of the molecule is NCCn1nnnc1-c1c(F)cccc1F. The standard InChI is InChI=1S/C9H9F2N5/c10-6-2-1-3-7(11)8(6)9-13-14-15-16(9)5-4-12/h1-3H,4-5,12H2. The number of hydrogen-bond donors (Lipinski definition) is 1. The Morgan fingerprint density at radius 3 is 2.56 bits per heavy atom. The molecule has 0 unspecified atom stereocenters. The van der Waals surface area contributed by atoms with Gasteiger partial charge in [-0.1, -0.05) is 6.07 Å². The van der Waals surface area contributed by atoms with Crippen molar-refractivity contribution < 1.29 is 8.78 Å². The highest BCUT2D eigenvalue weighted by Crippen LogP contribution is 2.22. The van der Waals surface area contributed by atoms with Gasteiger partial charge in [0.05, 0.1) is 12.1 Å². The van der Waals surface area contributed by atoms with Crippen LogP contribution in [0.1, 0.15) is 0 Å². The molecule has 0 aliphatic heterocycles. The summed E-state index contributed by atoms with van der Waals surface area (Å²) in [6.45, 7) is 0.588. The van der Waals surface area contributed by atoms with E-state index < -0.39 is 11.6 Å². The molecule has 0 saturated heterocycles. The Labute approximate surface area is 89.9 Å². The minimum absolute atomic E-state index is 0.0426. The molecule has 16 heavy (non-hydrogen) atoms. The fourth-order valence-corrected chi connectivity index (χ4v) is 1.37. The lowest BCUT2D eigenvalue weighted by atomic mass is 10.2. The zero-order chi connectivity index (χ0) is 11.5. The highest BCUT2D eigenvalue weighted by atomic mass is 19.1. The second-order valence-electron chi connectivity index (χ2n) is 3.11. The molecule has 1 aromatic heterocycles. The van der Waals surface area contributed by atoms with E-state index in [1.54, 1.807) is 0 Å². The van der Waals surface area contributed by atoms with Crippen LogP contribution in [0.4, 0.5) is 8.78 Å². The molecule has 2 aromatic rings. The average molecular weight is 225 g/mol. The Morgan fingerprint density at radius 2 is 1.94 bits per heavy atom. The van der Waals surface area contributed by atoms with Crippen molar-refractivity contribution in [2.75, 3.05) is 6.54 Å². The lowest BCUT2D eigenvalue weighted by Crippen LogP contribution is -2.13. The van der Waals surface area contributed by atoms with Gasteiger partial charge in [0, 0.05) is 6.54 Å². The topological polar surface area (TPSA) is 69.6 Å². The second-order valence-corrected chi connectivity index (χ2v) is 3.11. The largest absolute Gasteiger partial charge is 0.329 e. The fraction of sp³-hybridized carbons (Fsp3) is 0.222. The number of tetrazole rings is 1. The van der Waals surface area contributed by atoms with E-state index in [-0.39, 0.29) is 17.9 Å². The maximum atomic E-state index is 13.5. The monoisotopic (exact) mass is 225 g/mol. The summed E-state index contributed by atoms with van der Waals surface area (Å²) in [6, 6.07) is 3.59. The van der Waals surface area contributed by atoms with Crippen LogP contribution in [0, 0.1) is 11.6 Å². The van der Waals surface area contributed by atoms with Crippen molar-refractivity contribution in [3.8, 4) is 11.4 Å². The van der Waals surface area contributed by atoms with E-state index in [2.05, 4.69) is 15.5 Å².